The molecule has 0 bridgehead atoms. The van der Waals surface area contributed by atoms with Gasteiger partial charge in [0, 0.05) is 17.1 Å². The fraction of sp³-hybridized carbons (Fsp3) is 0.0690. The first-order chi connectivity index (χ1) is 22.4. The molecule has 0 amide bonds. The number of rotatable bonds is 11. The fourth-order valence-electron chi connectivity index (χ4n) is 4.41. The van der Waals surface area contributed by atoms with Gasteiger partial charge in [-0.1, -0.05) is 6.07 Å². The number of nitrogens with zero attached hydrogens (tertiary/aromatic N) is 5. The highest BCUT2D eigenvalue weighted by molar-refractivity contribution is 7.86. The number of anilines is 4. The maximum absolute atomic E-state index is 12.2. The highest BCUT2D eigenvalue weighted by Gasteiger charge is 2.21. The molecule has 47 heavy (non-hydrogen) atoms. The van der Waals surface area contributed by atoms with Crippen molar-refractivity contribution in [2.75, 3.05) is 17.7 Å². The summed E-state index contributed by atoms with van der Waals surface area (Å²) in [7, 11) is -3.36. The summed E-state index contributed by atoms with van der Waals surface area (Å²) >= 11 is 0. The molecule has 0 fully saturated rings. The zero-order chi connectivity index (χ0) is 33.9. The highest BCUT2D eigenvalue weighted by atomic mass is 32.2. The number of carbonyl (C=O) groups is 2. The molecule has 17 nitrogen and oxygen atoms in total. The SMILES string of the molecule is COc1ccc(OC=O)cc1N=Nc1ccc2c(S(=O)(=O)O)ccc(Nc3nc(C)nc(Nc4ccc(O)c(C(=O)O)c4)n3)c2c1O. The van der Waals surface area contributed by atoms with E-state index in [2.05, 4.69) is 35.8 Å². The molecule has 0 spiro atoms. The summed E-state index contributed by atoms with van der Waals surface area (Å²) in [6.07, 6.45) is 0. The van der Waals surface area contributed by atoms with Crippen molar-refractivity contribution in [3.05, 3.63) is 72.1 Å². The average Bonchev–Trinajstić information content (AvgIpc) is 3.01. The number of phenolic OH excluding ortho intramolecular Hbond substituents is 1. The van der Waals surface area contributed by atoms with E-state index in [0.29, 0.717) is 0 Å². The van der Waals surface area contributed by atoms with Crippen molar-refractivity contribution in [1.82, 2.24) is 15.0 Å². The summed E-state index contributed by atoms with van der Waals surface area (Å²) in [5.41, 5.74) is 0.00428. The largest absolute Gasteiger partial charge is 0.507 e. The Bertz CT molecular complexity index is 2190. The number of fused-ring (bicyclic) bond motifs is 1. The number of carboxylic acid groups (broad SMARTS) is 1. The van der Waals surface area contributed by atoms with E-state index in [-0.39, 0.29) is 74.8 Å². The summed E-state index contributed by atoms with van der Waals surface area (Å²) < 4.78 is 44.4. The van der Waals surface area contributed by atoms with Gasteiger partial charge in [0.15, 0.2) is 5.75 Å². The van der Waals surface area contributed by atoms with Gasteiger partial charge in [0.05, 0.1) is 18.2 Å². The second-order valence-corrected chi connectivity index (χ2v) is 10.9. The molecule has 0 aliphatic heterocycles. The topological polar surface area (TPSA) is 255 Å². The molecule has 0 saturated heterocycles. The van der Waals surface area contributed by atoms with E-state index in [9.17, 15) is 37.9 Å². The lowest BCUT2D eigenvalue weighted by atomic mass is 10.1. The molecule has 0 atom stereocenters. The van der Waals surface area contributed by atoms with Gasteiger partial charge in [-0.3, -0.25) is 9.35 Å². The summed E-state index contributed by atoms with van der Waals surface area (Å²) in [5.74, 6) is -1.77. The predicted molar refractivity (Wildman–Crippen MR) is 165 cm³/mol. The van der Waals surface area contributed by atoms with Crippen molar-refractivity contribution in [3.8, 4) is 23.0 Å². The minimum absolute atomic E-state index is 0.0191. The van der Waals surface area contributed by atoms with Crippen LogP contribution in [0, 0.1) is 6.92 Å². The number of phenols is 2. The third kappa shape index (κ3) is 6.97. The quantitative estimate of drug-likeness (QED) is 0.0464. The molecule has 0 saturated carbocycles. The number of azo groups is 1. The van der Waals surface area contributed by atoms with E-state index in [1.165, 1.54) is 61.7 Å². The Morgan fingerprint density at radius 3 is 2.32 bits per heavy atom. The number of aromatic nitrogens is 3. The van der Waals surface area contributed by atoms with Gasteiger partial charge in [0.1, 0.15) is 44.9 Å². The van der Waals surface area contributed by atoms with Gasteiger partial charge in [-0.05, 0) is 55.5 Å². The number of benzene rings is 4. The lowest BCUT2D eigenvalue weighted by Gasteiger charge is -2.14. The molecule has 1 heterocycles. The van der Waals surface area contributed by atoms with E-state index >= 15 is 0 Å². The van der Waals surface area contributed by atoms with Crippen LogP contribution in [0.2, 0.25) is 0 Å². The van der Waals surface area contributed by atoms with Crippen LogP contribution in [0.3, 0.4) is 0 Å². The molecule has 0 unspecified atom stereocenters. The van der Waals surface area contributed by atoms with Crippen LogP contribution in [0.5, 0.6) is 23.0 Å². The minimum atomic E-state index is -4.75. The summed E-state index contributed by atoms with van der Waals surface area (Å²) in [6, 6.07) is 13.1. The Morgan fingerprint density at radius 2 is 1.64 bits per heavy atom. The first kappa shape index (κ1) is 32.0. The Balaban J connectivity index is 1.57. The van der Waals surface area contributed by atoms with Gasteiger partial charge in [0.25, 0.3) is 16.6 Å². The number of hydrogen-bond acceptors (Lipinski definition) is 15. The number of nitrogens with one attached hydrogen (secondary N) is 2. The van der Waals surface area contributed by atoms with Crippen molar-refractivity contribution in [2.24, 2.45) is 10.2 Å². The van der Waals surface area contributed by atoms with Crippen LogP contribution in [0.1, 0.15) is 16.2 Å². The molecule has 1 aromatic heterocycles. The lowest BCUT2D eigenvalue weighted by Crippen LogP contribution is -2.07. The number of methoxy groups -OCH3 is 1. The van der Waals surface area contributed by atoms with Gasteiger partial charge in [-0.15, -0.1) is 10.2 Å². The molecule has 5 rings (SSSR count). The first-order valence-electron chi connectivity index (χ1n) is 13.2. The molecule has 240 valence electrons. The monoisotopic (exact) mass is 661 g/mol. The first-order valence-corrected chi connectivity index (χ1v) is 14.6. The van der Waals surface area contributed by atoms with Crippen LogP contribution in [0.4, 0.5) is 34.6 Å². The Morgan fingerprint density at radius 1 is 0.915 bits per heavy atom. The number of carbonyl (C=O) groups excluding carboxylic acids is 1. The van der Waals surface area contributed by atoms with Crippen molar-refractivity contribution < 1.29 is 47.4 Å². The Kier molecular flexibility index (Phi) is 8.79. The van der Waals surface area contributed by atoms with Crippen LogP contribution in [0.15, 0.2) is 75.8 Å². The normalized spacial score (nSPS) is 11.4. The van der Waals surface area contributed by atoms with Crippen LogP contribution in [-0.4, -0.2) is 62.8 Å². The number of ether oxygens (including phenoxy) is 2. The molecular formula is C29H23N7O10S. The molecule has 6 N–H and O–H groups in total. The van der Waals surface area contributed by atoms with Crippen molar-refractivity contribution in [3.63, 3.8) is 0 Å². The smallest absolute Gasteiger partial charge is 0.339 e. The minimum Gasteiger partial charge on any atom is -0.507 e. The molecule has 18 heteroatoms. The number of aryl methyl sites for hydroxylation is 1. The summed E-state index contributed by atoms with van der Waals surface area (Å²) in [5, 5.41) is 44.2. The zero-order valence-electron chi connectivity index (χ0n) is 24.2. The fourth-order valence-corrected chi connectivity index (χ4v) is 5.10. The van der Waals surface area contributed by atoms with Crippen LogP contribution >= 0.6 is 0 Å². The van der Waals surface area contributed by atoms with Crippen molar-refractivity contribution in [2.45, 2.75) is 11.8 Å². The van der Waals surface area contributed by atoms with Gasteiger partial charge in [0.2, 0.25) is 11.9 Å². The van der Waals surface area contributed by atoms with Gasteiger partial charge < -0.3 is 35.4 Å². The molecule has 0 aliphatic rings. The van der Waals surface area contributed by atoms with E-state index in [1.807, 2.05) is 0 Å². The van der Waals surface area contributed by atoms with Crippen molar-refractivity contribution in [1.29, 1.82) is 0 Å². The maximum atomic E-state index is 12.2. The standard InChI is InChI=1S/C29H23N7O10S/c1-14-30-28(32-15-3-8-22(38)18(11-15)27(40)41)34-29(31-14)33-19-7-10-24(47(42,43)44)17-5-6-20(26(39)25(17)19)35-36-21-12-16(46-13-37)4-9-23(21)45-2/h3-13,38-39H,1-2H3,(H,40,41)(H,42,43,44)(H2,30,31,32,33,34). The third-order valence-corrected chi connectivity index (χ3v) is 7.36. The van der Waals surface area contributed by atoms with Crippen LogP contribution in [0.25, 0.3) is 10.8 Å². The number of carboxylic acids is 1. The van der Waals surface area contributed by atoms with E-state index in [0.717, 1.165) is 6.07 Å². The predicted octanol–water partition coefficient (Wildman–Crippen LogP) is 5.14. The Labute approximate surface area is 265 Å². The number of aromatic carboxylic acids is 1. The highest BCUT2D eigenvalue weighted by Crippen LogP contribution is 2.43. The maximum Gasteiger partial charge on any atom is 0.339 e. The lowest BCUT2D eigenvalue weighted by molar-refractivity contribution is -0.120. The van der Waals surface area contributed by atoms with E-state index in [1.54, 1.807) is 6.92 Å². The third-order valence-electron chi connectivity index (χ3n) is 6.45. The Hall–Kier alpha value is -6.40. The second kappa shape index (κ2) is 12.9. The molecule has 5 aromatic rings. The molecular weight excluding hydrogens is 638 g/mol. The van der Waals surface area contributed by atoms with Crippen molar-refractivity contribution >= 4 is 68.0 Å². The zero-order valence-corrected chi connectivity index (χ0v) is 25.1. The average molecular weight is 662 g/mol. The summed E-state index contributed by atoms with van der Waals surface area (Å²) in [4.78, 5) is 34.4. The van der Waals surface area contributed by atoms with Gasteiger partial charge >= 0.3 is 5.97 Å². The van der Waals surface area contributed by atoms with Gasteiger partial charge in [-0.2, -0.15) is 23.4 Å². The van der Waals surface area contributed by atoms with E-state index < -0.39 is 32.5 Å². The number of aromatic hydroxyl groups is 2. The molecule has 0 aliphatic carbocycles. The molecule has 0 radical (unpaired) electrons. The van der Waals surface area contributed by atoms with Gasteiger partial charge in [-0.25, -0.2) is 4.79 Å². The number of hydrogen-bond donors (Lipinski definition) is 6. The van der Waals surface area contributed by atoms with Crippen LogP contribution < -0.4 is 20.1 Å². The second-order valence-electron chi connectivity index (χ2n) is 9.51. The summed E-state index contributed by atoms with van der Waals surface area (Å²) in [6.45, 7) is 1.78. The molecule has 4 aromatic carbocycles. The van der Waals surface area contributed by atoms with E-state index in [4.69, 9.17) is 9.47 Å². The van der Waals surface area contributed by atoms with Crippen LogP contribution in [-0.2, 0) is 14.9 Å².